The summed E-state index contributed by atoms with van der Waals surface area (Å²) in [4.78, 5) is 10.7. The van der Waals surface area contributed by atoms with Crippen molar-refractivity contribution in [2.45, 2.75) is 53.1 Å². The fraction of sp³-hybridized carbons (Fsp3) is 0.667. The van der Waals surface area contributed by atoms with Gasteiger partial charge in [0.25, 0.3) is 0 Å². The first-order valence-electron chi connectivity index (χ1n) is 8.30. The molecule has 2 N–H and O–H groups in total. The van der Waals surface area contributed by atoms with Gasteiger partial charge in [0.2, 0.25) is 0 Å². The molecule has 5 nitrogen and oxygen atoms in total. The van der Waals surface area contributed by atoms with Crippen molar-refractivity contribution < 1.29 is 0 Å². The Hall–Kier alpha value is -1.05. The first-order valence-corrected chi connectivity index (χ1v) is 8.30. The van der Waals surface area contributed by atoms with Crippen LogP contribution in [-0.4, -0.2) is 38.1 Å². The zero-order chi connectivity index (χ0) is 17.5. The second-order valence-electron chi connectivity index (χ2n) is 7.49. The van der Waals surface area contributed by atoms with Crippen LogP contribution in [-0.2, 0) is 6.54 Å². The molecular weight excluding hydrogens is 413 g/mol. The van der Waals surface area contributed by atoms with Crippen LogP contribution in [0, 0.1) is 5.41 Å². The molecule has 0 radical (unpaired) electrons. The van der Waals surface area contributed by atoms with E-state index in [1.54, 1.807) is 0 Å². The average molecular weight is 447 g/mol. The number of guanidine groups is 1. The van der Waals surface area contributed by atoms with Crippen LogP contribution >= 0.6 is 24.0 Å². The summed E-state index contributed by atoms with van der Waals surface area (Å²) >= 11 is 0. The number of anilines is 1. The minimum absolute atomic E-state index is 0. The minimum atomic E-state index is 0. The van der Waals surface area contributed by atoms with E-state index >= 15 is 0 Å². The number of aliphatic imine (C=N–C) groups is 1. The van der Waals surface area contributed by atoms with Gasteiger partial charge in [-0.1, -0.05) is 20.8 Å². The summed E-state index contributed by atoms with van der Waals surface area (Å²) in [7, 11) is 5.80. The van der Waals surface area contributed by atoms with Gasteiger partial charge >= 0.3 is 0 Å². The van der Waals surface area contributed by atoms with E-state index in [-0.39, 0.29) is 24.0 Å². The van der Waals surface area contributed by atoms with E-state index in [0.717, 1.165) is 24.7 Å². The van der Waals surface area contributed by atoms with Crippen LogP contribution in [0.25, 0.3) is 0 Å². The van der Waals surface area contributed by atoms with Crippen LogP contribution in [0.15, 0.2) is 23.3 Å². The highest BCUT2D eigenvalue weighted by molar-refractivity contribution is 14.0. The number of aromatic nitrogens is 1. The topological polar surface area (TPSA) is 52.6 Å². The molecule has 0 aromatic carbocycles. The molecule has 1 aromatic rings. The van der Waals surface area contributed by atoms with Crippen LogP contribution < -0.4 is 15.5 Å². The maximum atomic E-state index is 4.33. The van der Waals surface area contributed by atoms with Gasteiger partial charge in [0, 0.05) is 39.9 Å². The molecule has 0 spiro atoms. The molecule has 0 fully saturated rings. The van der Waals surface area contributed by atoms with Crippen molar-refractivity contribution in [1.29, 1.82) is 0 Å². The Labute approximate surface area is 164 Å². The SMILES string of the molecule is CN=C(NCc1ccnc(N(C)C)c1)NC(C)CCC(C)(C)C.I. The predicted molar refractivity (Wildman–Crippen MR) is 115 cm³/mol. The Morgan fingerprint density at radius 3 is 2.54 bits per heavy atom. The first kappa shape index (κ1) is 22.9. The summed E-state index contributed by atoms with van der Waals surface area (Å²) in [6.07, 6.45) is 4.16. The number of halogens is 1. The number of rotatable bonds is 6. The van der Waals surface area contributed by atoms with E-state index in [4.69, 9.17) is 0 Å². The predicted octanol–water partition coefficient (Wildman–Crippen LogP) is 3.65. The van der Waals surface area contributed by atoms with Crippen LogP contribution in [0.4, 0.5) is 5.82 Å². The molecule has 0 aliphatic rings. The van der Waals surface area contributed by atoms with Gasteiger partial charge in [0.1, 0.15) is 5.82 Å². The van der Waals surface area contributed by atoms with E-state index in [1.807, 2.05) is 38.3 Å². The third kappa shape index (κ3) is 9.30. The van der Waals surface area contributed by atoms with Crippen molar-refractivity contribution in [2.75, 3.05) is 26.0 Å². The lowest BCUT2D eigenvalue weighted by molar-refractivity contribution is 0.346. The molecule has 0 saturated heterocycles. The van der Waals surface area contributed by atoms with E-state index in [0.29, 0.717) is 11.5 Å². The third-order valence-electron chi connectivity index (χ3n) is 3.66. The summed E-state index contributed by atoms with van der Waals surface area (Å²) in [5.74, 6) is 1.81. The molecule has 1 unspecified atom stereocenters. The van der Waals surface area contributed by atoms with Gasteiger partial charge in [-0.25, -0.2) is 4.98 Å². The Morgan fingerprint density at radius 2 is 2.00 bits per heavy atom. The van der Waals surface area contributed by atoms with E-state index in [1.165, 1.54) is 12.0 Å². The van der Waals surface area contributed by atoms with Crippen molar-refractivity contribution in [1.82, 2.24) is 15.6 Å². The van der Waals surface area contributed by atoms with Crippen molar-refractivity contribution in [2.24, 2.45) is 10.4 Å². The maximum absolute atomic E-state index is 4.33. The Kier molecular flexibility index (Phi) is 10.3. The molecule has 1 atom stereocenters. The summed E-state index contributed by atoms with van der Waals surface area (Å²) in [5.41, 5.74) is 1.56. The van der Waals surface area contributed by atoms with Crippen LogP contribution in [0.2, 0.25) is 0 Å². The van der Waals surface area contributed by atoms with Crippen molar-refractivity contribution in [3.05, 3.63) is 23.9 Å². The van der Waals surface area contributed by atoms with Gasteiger partial charge in [-0.15, -0.1) is 24.0 Å². The number of nitrogens with one attached hydrogen (secondary N) is 2. The monoisotopic (exact) mass is 447 g/mol. The highest BCUT2D eigenvalue weighted by atomic mass is 127. The van der Waals surface area contributed by atoms with Gasteiger partial charge in [0.05, 0.1) is 0 Å². The fourth-order valence-electron chi connectivity index (χ4n) is 2.15. The van der Waals surface area contributed by atoms with Gasteiger partial charge < -0.3 is 15.5 Å². The van der Waals surface area contributed by atoms with E-state index < -0.39 is 0 Å². The number of hydrogen-bond donors (Lipinski definition) is 2. The standard InChI is InChI=1S/C18H33N5.HI/c1-14(8-10-18(2,3)4)22-17(19-5)21-13-15-9-11-20-16(12-15)23(6)7;/h9,11-12,14H,8,10,13H2,1-7H3,(H2,19,21,22);1H. The summed E-state index contributed by atoms with van der Waals surface area (Å²) in [6.45, 7) is 9.76. The lowest BCUT2D eigenvalue weighted by Gasteiger charge is -2.23. The highest BCUT2D eigenvalue weighted by Gasteiger charge is 2.13. The van der Waals surface area contributed by atoms with Crippen molar-refractivity contribution in [3.8, 4) is 0 Å². The number of hydrogen-bond acceptors (Lipinski definition) is 3. The van der Waals surface area contributed by atoms with Crippen LogP contribution in [0.1, 0.15) is 46.1 Å². The zero-order valence-electron chi connectivity index (χ0n) is 16.2. The smallest absolute Gasteiger partial charge is 0.191 e. The fourth-order valence-corrected chi connectivity index (χ4v) is 2.15. The normalized spacial score (nSPS) is 13.0. The van der Waals surface area contributed by atoms with Gasteiger partial charge in [-0.05, 0) is 42.9 Å². The third-order valence-corrected chi connectivity index (χ3v) is 3.66. The number of nitrogens with zero attached hydrogens (tertiary/aromatic N) is 3. The zero-order valence-corrected chi connectivity index (χ0v) is 18.5. The van der Waals surface area contributed by atoms with Gasteiger partial charge in [-0.3, -0.25) is 4.99 Å². The Balaban J connectivity index is 0.00000529. The molecule has 1 heterocycles. The lowest BCUT2D eigenvalue weighted by Crippen LogP contribution is -2.42. The second-order valence-corrected chi connectivity index (χ2v) is 7.49. The Bertz CT molecular complexity index is 508. The number of pyridine rings is 1. The Morgan fingerprint density at radius 1 is 1.33 bits per heavy atom. The van der Waals surface area contributed by atoms with E-state index in [9.17, 15) is 0 Å². The molecular formula is C18H34IN5. The lowest BCUT2D eigenvalue weighted by atomic mass is 9.89. The molecule has 0 aliphatic carbocycles. The van der Waals surface area contributed by atoms with E-state index in [2.05, 4.69) is 54.4 Å². The largest absolute Gasteiger partial charge is 0.363 e. The maximum Gasteiger partial charge on any atom is 0.191 e. The van der Waals surface area contributed by atoms with Crippen LogP contribution in [0.3, 0.4) is 0 Å². The molecule has 1 aromatic heterocycles. The molecule has 138 valence electrons. The molecule has 0 bridgehead atoms. The second kappa shape index (κ2) is 10.7. The van der Waals surface area contributed by atoms with Gasteiger partial charge in [-0.2, -0.15) is 0 Å². The quantitative estimate of drug-likeness (QED) is 0.397. The molecule has 0 aliphatic heterocycles. The average Bonchev–Trinajstić information content (AvgIpc) is 2.49. The highest BCUT2D eigenvalue weighted by Crippen LogP contribution is 2.21. The van der Waals surface area contributed by atoms with Gasteiger partial charge in [0.15, 0.2) is 5.96 Å². The molecule has 1 rings (SSSR count). The van der Waals surface area contributed by atoms with Crippen molar-refractivity contribution in [3.63, 3.8) is 0 Å². The molecule has 0 amide bonds. The molecule has 24 heavy (non-hydrogen) atoms. The summed E-state index contributed by atoms with van der Waals surface area (Å²) in [5, 5.41) is 6.83. The summed E-state index contributed by atoms with van der Waals surface area (Å²) in [6, 6.07) is 4.51. The van der Waals surface area contributed by atoms with Crippen LogP contribution in [0.5, 0.6) is 0 Å². The van der Waals surface area contributed by atoms with Crippen molar-refractivity contribution >= 4 is 35.8 Å². The molecule has 6 heteroatoms. The minimum Gasteiger partial charge on any atom is -0.363 e. The summed E-state index contributed by atoms with van der Waals surface area (Å²) < 4.78 is 0. The first-order chi connectivity index (χ1) is 10.7. The molecule has 0 saturated carbocycles.